The maximum absolute atomic E-state index is 12.4. The number of aromatic amines is 1. The Hall–Kier alpha value is -2.49. The first-order valence-electron chi connectivity index (χ1n) is 5.96. The first-order chi connectivity index (χ1) is 9.20. The van der Waals surface area contributed by atoms with Crippen molar-refractivity contribution in [1.82, 2.24) is 4.98 Å². The summed E-state index contributed by atoms with van der Waals surface area (Å²) in [5.41, 5.74) is 1.42. The summed E-state index contributed by atoms with van der Waals surface area (Å²) in [7, 11) is 1.59. The largest absolute Gasteiger partial charge is 0.496 e. The first-order valence-corrected chi connectivity index (χ1v) is 5.96. The number of benzene rings is 1. The number of carbonyl (C=O) groups is 1. The first kappa shape index (κ1) is 11.6. The van der Waals surface area contributed by atoms with Gasteiger partial charge in [0.2, 0.25) is 5.78 Å². The zero-order valence-electron chi connectivity index (χ0n) is 10.7. The number of aryl methyl sites for hydroxylation is 1. The second-order valence-corrected chi connectivity index (χ2v) is 4.32. The van der Waals surface area contributed by atoms with Crippen molar-refractivity contribution < 1.29 is 13.9 Å². The molecule has 4 nitrogen and oxygen atoms in total. The third-order valence-electron chi connectivity index (χ3n) is 3.10. The summed E-state index contributed by atoms with van der Waals surface area (Å²) < 4.78 is 10.7. The molecule has 0 amide bonds. The summed E-state index contributed by atoms with van der Waals surface area (Å²) in [5, 5.41) is 0.782. The molecule has 2 aromatic heterocycles. The van der Waals surface area contributed by atoms with Crippen LogP contribution in [0, 0.1) is 6.92 Å². The third-order valence-corrected chi connectivity index (χ3v) is 3.10. The molecule has 0 saturated heterocycles. The molecule has 0 saturated carbocycles. The lowest BCUT2D eigenvalue weighted by molar-refractivity contribution is 0.101. The van der Waals surface area contributed by atoms with Gasteiger partial charge in [0.1, 0.15) is 11.5 Å². The standard InChI is InChI=1S/C15H13NO3/c1-9-6-7-13(19-9)15(17)10-8-16-11-4-3-5-12(18-2)14(10)11/h3-8,16H,1-2H3. The maximum atomic E-state index is 12.4. The minimum Gasteiger partial charge on any atom is -0.496 e. The number of furan rings is 1. The van der Waals surface area contributed by atoms with Gasteiger partial charge in [-0.05, 0) is 31.2 Å². The van der Waals surface area contributed by atoms with Crippen LogP contribution in [0.3, 0.4) is 0 Å². The fraction of sp³-hybridized carbons (Fsp3) is 0.133. The molecule has 2 heterocycles. The van der Waals surface area contributed by atoms with Crippen molar-refractivity contribution in [2.75, 3.05) is 7.11 Å². The van der Waals surface area contributed by atoms with Crippen molar-refractivity contribution in [3.8, 4) is 5.75 Å². The number of aromatic nitrogens is 1. The Morgan fingerprint density at radius 3 is 2.79 bits per heavy atom. The van der Waals surface area contributed by atoms with E-state index in [1.807, 2.05) is 25.1 Å². The van der Waals surface area contributed by atoms with E-state index in [1.54, 1.807) is 25.4 Å². The molecule has 1 N–H and O–H groups in total. The van der Waals surface area contributed by atoms with E-state index in [0.29, 0.717) is 17.1 Å². The van der Waals surface area contributed by atoms with E-state index in [2.05, 4.69) is 4.98 Å². The van der Waals surface area contributed by atoms with Gasteiger partial charge < -0.3 is 14.1 Å². The zero-order chi connectivity index (χ0) is 13.4. The highest BCUT2D eigenvalue weighted by Crippen LogP contribution is 2.30. The minimum absolute atomic E-state index is 0.149. The quantitative estimate of drug-likeness (QED) is 0.730. The Morgan fingerprint density at radius 1 is 1.26 bits per heavy atom. The van der Waals surface area contributed by atoms with E-state index in [-0.39, 0.29) is 5.78 Å². The molecule has 0 aliphatic heterocycles. The Morgan fingerprint density at radius 2 is 2.11 bits per heavy atom. The van der Waals surface area contributed by atoms with Crippen LogP contribution in [0.15, 0.2) is 40.9 Å². The van der Waals surface area contributed by atoms with Gasteiger partial charge in [0.25, 0.3) is 0 Å². The van der Waals surface area contributed by atoms with Crippen LogP contribution in [-0.4, -0.2) is 17.9 Å². The SMILES string of the molecule is COc1cccc2[nH]cc(C(=O)c3ccc(C)o3)c12. The minimum atomic E-state index is -0.149. The molecule has 0 aliphatic carbocycles. The van der Waals surface area contributed by atoms with Crippen LogP contribution in [-0.2, 0) is 0 Å². The molecule has 0 unspecified atom stereocenters. The summed E-state index contributed by atoms with van der Waals surface area (Å²) >= 11 is 0. The molecular formula is C15H13NO3. The highest BCUT2D eigenvalue weighted by atomic mass is 16.5. The fourth-order valence-corrected chi connectivity index (χ4v) is 2.19. The number of carbonyl (C=O) groups excluding carboxylic acids is 1. The molecule has 0 atom stereocenters. The van der Waals surface area contributed by atoms with Crippen molar-refractivity contribution in [1.29, 1.82) is 0 Å². The fourth-order valence-electron chi connectivity index (χ4n) is 2.19. The molecule has 3 aromatic rings. The van der Waals surface area contributed by atoms with Gasteiger partial charge in [0.05, 0.1) is 18.1 Å². The van der Waals surface area contributed by atoms with Gasteiger partial charge in [0, 0.05) is 11.7 Å². The van der Waals surface area contributed by atoms with Crippen molar-refractivity contribution in [3.63, 3.8) is 0 Å². The third kappa shape index (κ3) is 1.81. The van der Waals surface area contributed by atoms with E-state index < -0.39 is 0 Å². The van der Waals surface area contributed by atoms with Crippen molar-refractivity contribution in [2.45, 2.75) is 6.92 Å². The number of hydrogen-bond donors (Lipinski definition) is 1. The average molecular weight is 255 g/mol. The summed E-state index contributed by atoms with van der Waals surface area (Å²) in [4.78, 5) is 15.5. The average Bonchev–Trinajstić information content (AvgIpc) is 3.03. The Bertz CT molecular complexity index is 752. The number of methoxy groups -OCH3 is 1. The van der Waals surface area contributed by atoms with E-state index >= 15 is 0 Å². The normalized spacial score (nSPS) is 10.8. The van der Waals surface area contributed by atoms with Crippen LogP contribution >= 0.6 is 0 Å². The van der Waals surface area contributed by atoms with Gasteiger partial charge in [0.15, 0.2) is 5.76 Å². The monoisotopic (exact) mass is 255 g/mol. The predicted molar refractivity (Wildman–Crippen MR) is 71.7 cm³/mol. The number of hydrogen-bond acceptors (Lipinski definition) is 3. The number of ether oxygens (including phenoxy) is 1. The van der Waals surface area contributed by atoms with Crippen LogP contribution < -0.4 is 4.74 Å². The molecule has 0 aliphatic rings. The lowest BCUT2D eigenvalue weighted by Crippen LogP contribution is -1.99. The molecule has 3 rings (SSSR count). The highest BCUT2D eigenvalue weighted by molar-refractivity contribution is 6.16. The van der Waals surface area contributed by atoms with Crippen molar-refractivity contribution in [2.24, 2.45) is 0 Å². The lowest BCUT2D eigenvalue weighted by atomic mass is 10.1. The molecule has 0 fully saturated rings. The van der Waals surface area contributed by atoms with E-state index in [4.69, 9.17) is 9.15 Å². The molecule has 96 valence electrons. The van der Waals surface area contributed by atoms with Gasteiger partial charge in [-0.3, -0.25) is 4.79 Å². The van der Waals surface area contributed by atoms with Crippen LogP contribution in [0.4, 0.5) is 0 Å². The topological polar surface area (TPSA) is 55.2 Å². The van der Waals surface area contributed by atoms with Gasteiger partial charge >= 0.3 is 0 Å². The Balaban J connectivity index is 2.18. The van der Waals surface area contributed by atoms with Gasteiger partial charge in [-0.15, -0.1) is 0 Å². The summed E-state index contributed by atoms with van der Waals surface area (Å²) in [5.74, 6) is 1.58. The van der Waals surface area contributed by atoms with E-state index in [0.717, 1.165) is 16.7 Å². The number of rotatable bonds is 3. The van der Waals surface area contributed by atoms with E-state index in [9.17, 15) is 4.79 Å². The van der Waals surface area contributed by atoms with Crippen LogP contribution in [0.2, 0.25) is 0 Å². The van der Waals surface area contributed by atoms with Gasteiger partial charge in [-0.2, -0.15) is 0 Å². The smallest absolute Gasteiger partial charge is 0.230 e. The Labute approximate surface area is 110 Å². The summed E-state index contributed by atoms with van der Waals surface area (Å²) in [6, 6.07) is 9.08. The lowest BCUT2D eigenvalue weighted by Gasteiger charge is -2.03. The molecular weight excluding hydrogens is 242 g/mol. The molecule has 0 radical (unpaired) electrons. The number of nitrogens with one attached hydrogen (secondary N) is 1. The molecule has 1 aromatic carbocycles. The second-order valence-electron chi connectivity index (χ2n) is 4.32. The molecule has 0 spiro atoms. The van der Waals surface area contributed by atoms with Gasteiger partial charge in [-0.25, -0.2) is 0 Å². The van der Waals surface area contributed by atoms with Crippen molar-refractivity contribution >= 4 is 16.7 Å². The number of fused-ring (bicyclic) bond motifs is 1. The molecule has 19 heavy (non-hydrogen) atoms. The number of ketones is 1. The number of H-pyrrole nitrogens is 1. The zero-order valence-corrected chi connectivity index (χ0v) is 10.7. The second kappa shape index (κ2) is 4.31. The molecule has 0 bridgehead atoms. The predicted octanol–water partition coefficient (Wildman–Crippen LogP) is 3.31. The highest BCUT2D eigenvalue weighted by Gasteiger charge is 2.19. The van der Waals surface area contributed by atoms with Crippen molar-refractivity contribution in [3.05, 3.63) is 53.6 Å². The summed E-state index contributed by atoms with van der Waals surface area (Å²) in [6.45, 7) is 1.81. The van der Waals surface area contributed by atoms with Crippen LogP contribution in [0.25, 0.3) is 10.9 Å². The van der Waals surface area contributed by atoms with Crippen LogP contribution in [0.5, 0.6) is 5.75 Å². The van der Waals surface area contributed by atoms with E-state index in [1.165, 1.54) is 0 Å². The Kier molecular flexibility index (Phi) is 2.63. The summed E-state index contributed by atoms with van der Waals surface area (Å²) in [6.07, 6.45) is 1.69. The van der Waals surface area contributed by atoms with Gasteiger partial charge in [-0.1, -0.05) is 6.07 Å². The molecule has 4 heteroatoms. The maximum Gasteiger partial charge on any atom is 0.230 e. The van der Waals surface area contributed by atoms with Crippen LogP contribution in [0.1, 0.15) is 21.9 Å².